The molecule has 1 nitrogen and oxygen atoms in total. The lowest BCUT2D eigenvalue weighted by atomic mass is 9.89. The molecule has 1 unspecified atom stereocenters. The molecule has 0 aliphatic heterocycles. The first-order valence-corrected chi connectivity index (χ1v) is 10.4. The molecular weight excluding hydrogens is 260 g/mol. The Labute approximate surface area is 125 Å². The molecule has 0 fully saturated rings. The van der Waals surface area contributed by atoms with E-state index in [1.54, 1.807) is 0 Å². The third-order valence-electron chi connectivity index (χ3n) is 4.90. The maximum atomic E-state index is 6.67. The molecule has 20 heavy (non-hydrogen) atoms. The summed E-state index contributed by atoms with van der Waals surface area (Å²) < 4.78 is 6.67. The number of allylic oxidation sites excluding steroid dienone is 6. The van der Waals surface area contributed by atoms with Gasteiger partial charge in [-0.15, -0.1) is 0 Å². The molecule has 110 valence electrons. The molecule has 0 saturated carbocycles. The van der Waals surface area contributed by atoms with Gasteiger partial charge in [0.15, 0.2) is 8.32 Å². The van der Waals surface area contributed by atoms with Gasteiger partial charge in [-0.3, -0.25) is 0 Å². The van der Waals surface area contributed by atoms with Crippen LogP contribution in [0.5, 0.6) is 0 Å². The molecule has 1 atom stereocenters. The summed E-state index contributed by atoms with van der Waals surface area (Å²) in [6, 6.07) is 0. The van der Waals surface area contributed by atoms with Crippen molar-refractivity contribution in [3.63, 3.8) is 0 Å². The summed E-state index contributed by atoms with van der Waals surface area (Å²) in [5.41, 5.74) is 6.78. The third-order valence-corrected chi connectivity index (χ3v) is 9.34. The molecule has 0 heterocycles. The van der Waals surface area contributed by atoms with E-state index in [0.29, 0.717) is 0 Å². The fourth-order valence-electron chi connectivity index (χ4n) is 2.59. The van der Waals surface area contributed by atoms with Crippen LogP contribution in [-0.4, -0.2) is 14.4 Å². The molecule has 2 aliphatic rings. The number of hydrogen-bond acceptors (Lipinski definition) is 1. The highest BCUT2D eigenvalue weighted by Crippen LogP contribution is 2.42. The fourth-order valence-corrected chi connectivity index (χ4v) is 3.90. The zero-order valence-corrected chi connectivity index (χ0v) is 15.2. The molecule has 0 N–H and O–H groups in total. The van der Waals surface area contributed by atoms with Gasteiger partial charge in [-0.1, -0.05) is 39.0 Å². The Morgan fingerprint density at radius 3 is 2.15 bits per heavy atom. The van der Waals surface area contributed by atoms with E-state index in [2.05, 4.69) is 72.9 Å². The molecule has 0 aromatic rings. The molecule has 0 aromatic heterocycles. The molecule has 2 rings (SSSR count). The molecule has 2 aliphatic carbocycles. The van der Waals surface area contributed by atoms with Crippen molar-refractivity contribution >= 4 is 8.32 Å². The standard InChI is InChI=1S/C18H28OSi/c1-12-9-15-11-13(2)17(14(3)16(15)10-12)19-20(7,8)18(4,5)6/h9-11,17H,1-8H3. The molecule has 0 bridgehead atoms. The fraction of sp³-hybridized carbons (Fsp3) is 0.556. The van der Waals surface area contributed by atoms with Crippen molar-refractivity contribution < 1.29 is 4.43 Å². The minimum Gasteiger partial charge on any atom is -0.407 e. The van der Waals surface area contributed by atoms with E-state index in [4.69, 9.17) is 4.43 Å². The Kier molecular flexibility index (Phi) is 3.77. The zero-order chi connectivity index (χ0) is 15.3. The van der Waals surface area contributed by atoms with Crippen LogP contribution in [0.15, 0.2) is 46.1 Å². The summed E-state index contributed by atoms with van der Waals surface area (Å²) in [6.07, 6.45) is 7.01. The molecule has 0 aromatic carbocycles. The topological polar surface area (TPSA) is 9.23 Å². The van der Waals surface area contributed by atoms with Crippen molar-refractivity contribution in [1.29, 1.82) is 0 Å². The summed E-state index contributed by atoms with van der Waals surface area (Å²) in [5, 5.41) is 0.246. The summed E-state index contributed by atoms with van der Waals surface area (Å²) in [5.74, 6) is 0. The average Bonchev–Trinajstić information content (AvgIpc) is 2.63. The lowest BCUT2D eigenvalue weighted by molar-refractivity contribution is 0.244. The summed E-state index contributed by atoms with van der Waals surface area (Å²) in [6.45, 7) is 18.2. The molecular formula is C18H28OSi. The predicted molar refractivity (Wildman–Crippen MR) is 90.4 cm³/mol. The van der Waals surface area contributed by atoms with Crippen LogP contribution in [0.4, 0.5) is 0 Å². The highest BCUT2D eigenvalue weighted by molar-refractivity contribution is 6.74. The van der Waals surface area contributed by atoms with Crippen LogP contribution < -0.4 is 0 Å². The van der Waals surface area contributed by atoms with E-state index in [9.17, 15) is 0 Å². The Morgan fingerprint density at radius 2 is 1.60 bits per heavy atom. The lowest BCUT2D eigenvalue weighted by Crippen LogP contribution is -2.45. The van der Waals surface area contributed by atoms with E-state index >= 15 is 0 Å². The Balaban J connectivity index is 2.35. The van der Waals surface area contributed by atoms with Crippen LogP contribution in [0.3, 0.4) is 0 Å². The number of hydrogen-bond donors (Lipinski definition) is 0. The summed E-state index contributed by atoms with van der Waals surface area (Å²) >= 11 is 0. The normalized spacial score (nSPS) is 23.4. The highest BCUT2D eigenvalue weighted by atomic mass is 28.4. The second kappa shape index (κ2) is 4.85. The van der Waals surface area contributed by atoms with Crippen LogP contribution in [0.1, 0.15) is 41.5 Å². The second-order valence-corrected chi connectivity index (χ2v) is 12.5. The third kappa shape index (κ3) is 2.64. The number of rotatable bonds is 2. The van der Waals surface area contributed by atoms with Gasteiger partial charge in [0.2, 0.25) is 0 Å². The smallest absolute Gasteiger partial charge is 0.193 e. The summed E-state index contributed by atoms with van der Waals surface area (Å²) in [4.78, 5) is 0. The van der Waals surface area contributed by atoms with Crippen LogP contribution in [0.2, 0.25) is 18.1 Å². The largest absolute Gasteiger partial charge is 0.407 e. The van der Waals surface area contributed by atoms with Crippen LogP contribution in [0.25, 0.3) is 0 Å². The maximum Gasteiger partial charge on any atom is 0.193 e. The van der Waals surface area contributed by atoms with Gasteiger partial charge in [0.05, 0.1) is 6.10 Å². The van der Waals surface area contributed by atoms with Gasteiger partial charge in [-0.25, -0.2) is 0 Å². The van der Waals surface area contributed by atoms with Gasteiger partial charge >= 0.3 is 0 Å². The van der Waals surface area contributed by atoms with Crippen LogP contribution in [-0.2, 0) is 4.43 Å². The SMILES string of the molecule is CC1=CC2=C(C)C(O[Si](C)(C)C(C)(C)C)C(C)=CC2=C1. The Morgan fingerprint density at radius 1 is 1.00 bits per heavy atom. The average molecular weight is 289 g/mol. The quantitative estimate of drug-likeness (QED) is 0.606. The monoisotopic (exact) mass is 288 g/mol. The van der Waals surface area contributed by atoms with Crippen molar-refractivity contribution in [3.8, 4) is 0 Å². The van der Waals surface area contributed by atoms with E-state index in [-0.39, 0.29) is 11.1 Å². The first-order valence-electron chi connectivity index (χ1n) is 7.50. The van der Waals surface area contributed by atoms with Gasteiger partial charge in [0.1, 0.15) is 0 Å². The van der Waals surface area contributed by atoms with Gasteiger partial charge in [-0.2, -0.15) is 0 Å². The van der Waals surface area contributed by atoms with E-state index in [1.165, 1.54) is 27.9 Å². The Hall–Kier alpha value is -0.863. The van der Waals surface area contributed by atoms with Crippen molar-refractivity contribution in [2.45, 2.75) is 65.8 Å². The van der Waals surface area contributed by atoms with Crippen molar-refractivity contribution in [2.24, 2.45) is 0 Å². The van der Waals surface area contributed by atoms with Crippen molar-refractivity contribution in [3.05, 3.63) is 46.1 Å². The molecule has 0 spiro atoms. The summed E-state index contributed by atoms with van der Waals surface area (Å²) in [7, 11) is -1.75. The second-order valence-electron chi connectivity index (χ2n) is 7.73. The first kappa shape index (κ1) is 15.5. The van der Waals surface area contributed by atoms with Gasteiger partial charge < -0.3 is 4.43 Å². The lowest BCUT2D eigenvalue weighted by Gasteiger charge is -2.41. The minimum atomic E-state index is -1.75. The van der Waals surface area contributed by atoms with E-state index in [1.807, 2.05) is 0 Å². The Bertz CT molecular complexity index is 550. The van der Waals surface area contributed by atoms with E-state index < -0.39 is 8.32 Å². The first-order chi connectivity index (χ1) is 9.03. The minimum absolute atomic E-state index is 0.158. The maximum absolute atomic E-state index is 6.67. The zero-order valence-electron chi connectivity index (χ0n) is 14.2. The molecule has 0 radical (unpaired) electrons. The molecule has 2 heteroatoms. The van der Waals surface area contributed by atoms with Crippen LogP contribution in [0, 0.1) is 0 Å². The highest BCUT2D eigenvalue weighted by Gasteiger charge is 2.40. The van der Waals surface area contributed by atoms with Crippen molar-refractivity contribution in [1.82, 2.24) is 0 Å². The molecule has 0 saturated heterocycles. The van der Waals surface area contributed by atoms with Gasteiger partial charge in [0, 0.05) is 0 Å². The number of fused-ring (bicyclic) bond motifs is 1. The van der Waals surface area contributed by atoms with Crippen molar-refractivity contribution in [2.75, 3.05) is 0 Å². The molecule has 0 amide bonds. The van der Waals surface area contributed by atoms with Crippen LogP contribution >= 0.6 is 0 Å². The van der Waals surface area contributed by atoms with Gasteiger partial charge in [0.25, 0.3) is 0 Å². The van der Waals surface area contributed by atoms with E-state index in [0.717, 1.165) is 0 Å². The predicted octanol–water partition coefficient (Wildman–Crippen LogP) is 5.54. The van der Waals surface area contributed by atoms with Gasteiger partial charge in [-0.05, 0) is 66.8 Å².